The van der Waals surface area contributed by atoms with Crippen LogP contribution < -0.4 is 0 Å². The first-order valence-electron chi connectivity index (χ1n) is 9.87. The van der Waals surface area contributed by atoms with Gasteiger partial charge in [0.15, 0.2) is 0 Å². The Labute approximate surface area is 166 Å². The second-order valence-corrected chi connectivity index (χ2v) is 8.88. The van der Waals surface area contributed by atoms with Crippen LogP contribution in [0.2, 0.25) is 0 Å². The molecule has 0 aromatic heterocycles. The van der Waals surface area contributed by atoms with Crippen molar-refractivity contribution in [2.45, 2.75) is 38.8 Å². The zero-order valence-corrected chi connectivity index (χ0v) is 16.8. The molecule has 0 saturated heterocycles. The molecular formula is C26H25NO. The number of fused-ring (bicyclic) bond motifs is 4. The van der Waals surface area contributed by atoms with E-state index in [1.54, 1.807) is 0 Å². The third-order valence-electron chi connectivity index (χ3n) is 6.48. The maximum Gasteiger partial charge on any atom is 0.0666 e. The van der Waals surface area contributed by atoms with E-state index >= 15 is 0 Å². The van der Waals surface area contributed by atoms with Crippen LogP contribution in [-0.4, -0.2) is 10.3 Å². The lowest BCUT2D eigenvalue weighted by Crippen LogP contribution is -2.42. The maximum atomic E-state index is 10.8. The number of hydroxylamine groups is 2. The summed E-state index contributed by atoms with van der Waals surface area (Å²) in [6.07, 6.45) is 0. The van der Waals surface area contributed by atoms with E-state index in [0.29, 0.717) is 0 Å². The Hall–Kier alpha value is -2.68. The van der Waals surface area contributed by atoms with Gasteiger partial charge in [0.25, 0.3) is 0 Å². The summed E-state index contributed by atoms with van der Waals surface area (Å²) in [5, 5.41) is 17.4. The Bertz CT molecular complexity index is 1240. The zero-order chi connectivity index (χ0) is 19.7. The molecule has 4 aromatic rings. The fourth-order valence-electron chi connectivity index (χ4n) is 4.97. The summed E-state index contributed by atoms with van der Waals surface area (Å²) in [5.74, 6) is 0. The van der Waals surface area contributed by atoms with E-state index in [2.05, 4.69) is 100 Å². The Morgan fingerprint density at radius 3 is 2.00 bits per heavy atom. The van der Waals surface area contributed by atoms with Crippen LogP contribution in [0.4, 0.5) is 0 Å². The second kappa shape index (κ2) is 5.66. The molecule has 0 amide bonds. The molecule has 0 spiro atoms. The molecular weight excluding hydrogens is 342 g/mol. The molecule has 1 heterocycles. The molecule has 0 aliphatic carbocycles. The molecule has 1 N–H and O–H groups in total. The van der Waals surface area contributed by atoms with Crippen molar-refractivity contribution in [3.63, 3.8) is 0 Å². The number of rotatable bonds is 1. The monoisotopic (exact) mass is 367 g/mol. The molecule has 140 valence electrons. The summed E-state index contributed by atoms with van der Waals surface area (Å²) in [5.41, 5.74) is 3.98. The topological polar surface area (TPSA) is 23.5 Å². The lowest BCUT2D eigenvalue weighted by molar-refractivity contribution is -0.216. The average Bonchev–Trinajstić information content (AvgIpc) is 2.84. The van der Waals surface area contributed by atoms with Crippen molar-refractivity contribution in [3.05, 3.63) is 83.9 Å². The number of hydrogen-bond acceptors (Lipinski definition) is 2. The van der Waals surface area contributed by atoms with E-state index in [1.807, 2.05) is 0 Å². The van der Waals surface area contributed by atoms with Gasteiger partial charge in [-0.2, -0.15) is 5.06 Å². The summed E-state index contributed by atoms with van der Waals surface area (Å²) in [7, 11) is 0. The van der Waals surface area contributed by atoms with E-state index in [1.165, 1.54) is 48.9 Å². The fourth-order valence-corrected chi connectivity index (χ4v) is 4.97. The molecule has 0 saturated carbocycles. The van der Waals surface area contributed by atoms with Crippen molar-refractivity contribution in [2.75, 3.05) is 0 Å². The summed E-state index contributed by atoms with van der Waals surface area (Å²) >= 11 is 0. The van der Waals surface area contributed by atoms with Gasteiger partial charge in [-0.15, -0.1) is 0 Å². The first-order chi connectivity index (χ1) is 13.3. The highest BCUT2D eigenvalue weighted by Gasteiger charge is 2.48. The molecule has 0 fully saturated rings. The smallest absolute Gasteiger partial charge is 0.0666 e. The van der Waals surface area contributed by atoms with Gasteiger partial charge < -0.3 is 5.21 Å². The predicted octanol–water partition coefficient (Wildman–Crippen LogP) is 6.84. The van der Waals surface area contributed by atoms with Crippen LogP contribution in [0, 0.1) is 0 Å². The largest absolute Gasteiger partial charge is 0.312 e. The van der Waals surface area contributed by atoms with Crippen LogP contribution in [0.5, 0.6) is 0 Å². The third-order valence-corrected chi connectivity index (χ3v) is 6.48. The van der Waals surface area contributed by atoms with E-state index in [9.17, 15) is 5.21 Å². The number of hydrogen-bond donors (Lipinski definition) is 1. The maximum absolute atomic E-state index is 10.8. The molecule has 0 radical (unpaired) electrons. The zero-order valence-electron chi connectivity index (χ0n) is 16.8. The SMILES string of the molecule is CC1(C)c2ccc(-c3cc4ccccc4c4ccccc34)cc2C(C)(C)N1O. The molecule has 0 unspecified atom stereocenters. The van der Waals surface area contributed by atoms with Gasteiger partial charge in [-0.05, 0) is 83.6 Å². The molecule has 0 atom stereocenters. The first kappa shape index (κ1) is 17.4. The van der Waals surface area contributed by atoms with Crippen molar-refractivity contribution < 1.29 is 5.21 Å². The van der Waals surface area contributed by atoms with Crippen molar-refractivity contribution in [3.8, 4) is 11.1 Å². The molecule has 4 aromatic carbocycles. The molecule has 2 heteroatoms. The number of nitrogens with zero attached hydrogens (tertiary/aromatic N) is 1. The van der Waals surface area contributed by atoms with Crippen molar-refractivity contribution in [1.82, 2.24) is 5.06 Å². The lowest BCUT2D eigenvalue weighted by Gasteiger charge is -2.34. The summed E-state index contributed by atoms with van der Waals surface area (Å²) in [6.45, 7) is 8.32. The van der Waals surface area contributed by atoms with Crippen molar-refractivity contribution in [1.29, 1.82) is 0 Å². The third kappa shape index (κ3) is 2.22. The van der Waals surface area contributed by atoms with Gasteiger partial charge in [0.2, 0.25) is 0 Å². The average molecular weight is 367 g/mol. The van der Waals surface area contributed by atoms with Crippen LogP contribution in [-0.2, 0) is 11.1 Å². The minimum Gasteiger partial charge on any atom is -0.312 e. The molecule has 0 bridgehead atoms. The molecule has 2 nitrogen and oxygen atoms in total. The molecule has 28 heavy (non-hydrogen) atoms. The van der Waals surface area contributed by atoms with Crippen LogP contribution in [0.1, 0.15) is 38.8 Å². The highest BCUT2D eigenvalue weighted by Crippen LogP contribution is 2.49. The van der Waals surface area contributed by atoms with E-state index in [-0.39, 0.29) is 0 Å². The summed E-state index contributed by atoms with van der Waals surface area (Å²) < 4.78 is 0. The van der Waals surface area contributed by atoms with E-state index < -0.39 is 11.1 Å². The quantitative estimate of drug-likeness (QED) is 0.372. The normalized spacial score (nSPS) is 17.9. The predicted molar refractivity (Wildman–Crippen MR) is 117 cm³/mol. The van der Waals surface area contributed by atoms with Gasteiger partial charge in [-0.1, -0.05) is 60.7 Å². The van der Waals surface area contributed by atoms with Crippen LogP contribution in [0.25, 0.3) is 32.7 Å². The minimum atomic E-state index is -0.429. The van der Waals surface area contributed by atoms with Crippen molar-refractivity contribution >= 4 is 21.5 Å². The Morgan fingerprint density at radius 1 is 0.643 bits per heavy atom. The van der Waals surface area contributed by atoms with Crippen LogP contribution in [0.3, 0.4) is 0 Å². The van der Waals surface area contributed by atoms with Gasteiger partial charge in [-0.25, -0.2) is 0 Å². The Morgan fingerprint density at radius 2 is 1.25 bits per heavy atom. The van der Waals surface area contributed by atoms with Gasteiger partial charge in [-0.3, -0.25) is 0 Å². The summed E-state index contributed by atoms with van der Waals surface area (Å²) in [6, 6.07) is 26.2. The second-order valence-electron chi connectivity index (χ2n) is 8.88. The Kier molecular flexibility index (Phi) is 3.52. The molecule has 5 rings (SSSR count). The highest BCUT2D eigenvalue weighted by atomic mass is 16.5. The van der Waals surface area contributed by atoms with Gasteiger partial charge in [0.1, 0.15) is 0 Å². The Balaban J connectivity index is 1.82. The van der Waals surface area contributed by atoms with E-state index in [0.717, 1.165) is 0 Å². The van der Waals surface area contributed by atoms with Crippen LogP contribution >= 0.6 is 0 Å². The standard InChI is InChI=1S/C26H25NO/c1-25(2)23-14-13-18(16-24(23)26(3,4)27(25)28)22-15-17-9-5-6-10-19(17)20-11-7-8-12-21(20)22/h5-16,28H,1-4H3. The molecule has 1 aliphatic rings. The molecule has 1 aliphatic heterocycles. The van der Waals surface area contributed by atoms with Gasteiger partial charge >= 0.3 is 0 Å². The summed E-state index contributed by atoms with van der Waals surface area (Å²) in [4.78, 5) is 0. The highest BCUT2D eigenvalue weighted by molar-refractivity contribution is 6.13. The van der Waals surface area contributed by atoms with Crippen LogP contribution in [0.15, 0.2) is 72.8 Å². The first-order valence-corrected chi connectivity index (χ1v) is 9.87. The number of benzene rings is 4. The minimum absolute atomic E-state index is 0.400. The van der Waals surface area contributed by atoms with Gasteiger partial charge in [0, 0.05) is 0 Å². The fraction of sp³-hybridized carbons (Fsp3) is 0.231. The van der Waals surface area contributed by atoms with E-state index in [4.69, 9.17) is 0 Å². The lowest BCUT2D eigenvalue weighted by atomic mass is 9.86. The van der Waals surface area contributed by atoms with Gasteiger partial charge in [0.05, 0.1) is 11.1 Å². The van der Waals surface area contributed by atoms with Crippen molar-refractivity contribution in [2.24, 2.45) is 0 Å².